The number of hydrogen-bond donors (Lipinski definition) is 1. The minimum atomic E-state index is 0.114. The van der Waals surface area contributed by atoms with E-state index in [-0.39, 0.29) is 11.9 Å². The molecule has 1 aromatic rings. The van der Waals surface area contributed by atoms with Gasteiger partial charge in [0.15, 0.2) is 0 Å². The minimum absolute atomic E-state index is 0.114. The van der Waals surface area contributed by atoms with E-state index in [4.69, 9.17) is 0 Å². The largest absolute Gasteiger partial charge is 0.309 e. The van der Waals surface area contributed by atoms with Crippen LogP contribution in [-0.4, -0.2) is 25.0 Å². The maximum absolute atomic E-state index is 12.0. The second-order valence-electron chi connectivity index (χ2n) is 3.97. The highest BCUT2D eigenvalue weighted by molar-refractivity contribution is 5.95. The van der Waals surface area contributed by atoms with Crippen molar-refractivity contribution >= 4 is 11.6 Å². The van der Waals surface area contributed by atoms with Gasteiger partial charge in [0.2, 0.25) is 5.91 Å². The van der Waals surface area contributed by atoms with Gasteiger partial charge in [-0.15, -0.1) is 0 Å². The van der Waals surface area contributed by atoms with Crippen molar-refractivity contribution in [3.05, 3.63) is 30.3 Å². The van der Waals surface area contributed by atoms with E-state index in [0.29, 0.717) is 6.54 Å². The van der Waals surface area contributed by atoms with Gasteiger partial charge in [-0.05, 0) is 32.5 Å². The zero-order chi connectivity index (χ0) is 12.0. The van der Waals surface area contributed by atoms with E-state index in [1.165, 1.54) is 0 Å². The Morgan fingerprint density at radius 1 is 1.31 bits per heavy atom. The molecule has 0 aliphatic heterocycles. The Morgan fingerprint density at radius 2 is 1.94 bits per heavy atom. The topological polar surface area (TPSA) is 32.3 Å². The molecular formula is C13H20N2O. The summed E-state index contributed by atoms with van der Waals surface area (Å²) in [5.74, 6) is 0.114. The van der Waals surface area contributed by atoms with Gasteiger partial charge in [-0.1, -0.05) is 25.1 Å². The standard InChI is InChI=1S/C13H20N2O/c1-4-14-10-13(16)15(11(2)3)12-8-6-5-7-9-12/h5-9,11,14H,4,10H2,1-3H3. The number of amides is 1. The highest BCUT2D eigenvalue weighted by Crippen LogP contribution is 2.16. The summed E-state index contributed by atoms with van der Waals surface area (Å²) in [6, 6.07) is 9.95. The molecule has 0 aromatic heterocycles. The van der Waals surface area contributed by atoms with E-state index in [9.17, 15) is 4.79 Å². The molecule has 0 saturated carbocycles. The lowest BCUT2D eigenvalue weighted by atomic mass is 10.2. The van der Waals surface area contributed by atoms with E-state index < -0.39 is 0 Å². The van der Waals surface area contributed by atoms with Gasteiger partial charge < -0.3 is 10.2 Å². The number of nitrogens with one attached hydrogen (secondary N) is 1. The fourth-order valence-corrected chi connectivity index (χ4v) is 1.64. The van der Waals surface area contributed by atoms with Crippen molar-refractivity contribution in [1.82, 2.24) is 5.32 Å². The van der Waals surface area contributed by atoms with Gasteiger partial charge in [0.05, 0.1) is 6.54 Å². The van der Waals surface area contributed by atoms with Crippen LogP contribution >= 0.6 is 0 Å². The van der Waals surface area contributed by atoms with Crippen molar-refractivity contribution in [3.63, 3.8) is 0 Å². The average molecular weight is 220 g/mol. The number of carbonyl (C=O) groups is 1. The average Bonchev–Trinajstić information content (AvgIpc) is 2.27. The molecule has 16 heavy (non-hydrogen) atoms. The first-order chi connectivity index (χ1) is 7.66. The van der Waals surface area contributed by atoms with Crippen molar-refractivity contribution in [1.29, 1.82) is 0 Å². The van der Waals surface area contributed by atoms with E-state index in [2.05, 4.69) is 5.32 Å². The third-order valence-electron chi connectivity index (χ3n) is 2.35. The van der Waals surface area contributed by atoms with Gasteiger partial charge in [0.1, 0.15) is 0 Å². The summed E-state index contributed by atoms with van der Waals surface area (Å²) in [6.07, 6.45) is 0. The van der Waals surface area contributed by atoms with Gasteiger partial charge in [-0.2, -0.15) is 0 Å². The second kappa shape index (κ2) is 6.28. The van der Waals surface area contributed by atoms with Crippen molar-refractivity contribution in [2.24, 2.45) is 0 Å². The number of likely N-dealkylation sites (N-methyl/N-ethyl adjacent to an activating group) is 1. The molecule has 0 heterocycles. The van der Waals surface area contributed by atoms with Crippen LogP contribution in [-0.2, 0) is 4.79 Å². The van der Waals surface area contributed by atoms with Gasteiger partial charge in [-0.25, -0.2) is 0 Å². The molecule has 3 heteroatoms. The van der Waals surface area contributed by atoms with Gasteiger partial charge in [-0.3, -0.25) is 4.79 Å². The number of carbonyl (C=O) groups excluding carboxylic acids is 1. The zero-order valence-corrected chi connectivity index (χ0v) is 10.2. The van der Waals surface area contributed by atoms with E-state index >= 15 is 0 Å². The summed E-state index contributed by atoms with van der Waals surface area (Å²) in [7, 11) is 0. The van der Waals surface area contributed by atoms with Gasteiger partial charge in [0.25, 0.3) is 0 Å². The fraction of sp³-hybridized carbons (Fsp3) is 0.462. The van der Waals surface area contributed by atoms with E-state index in [1.807, 2.05) is 56.0 Å². The van der Waals surface area contributed by atoms with Crippen molar-refractivity contribution in [2.45, 2.75) is 26.8 Å². The Kier molecular flexibility index (Phi) is 4.99. The second-order valence-corrected chi connectivity index (χ2v) is 3.97. The Morgan fingerprint density at radius 3 is 2.44 bits per heavy atom. The highest BCUT2D eigenvalue weighted by Gasteiger charge is 2.17. The van der Waals surface area contributed by atoms with Gasteiger partial charge in [0, 0.05) is 11.7 Å². The number of nitrogens with zero attached hydrogens (tertiary/aromatic N) is 1. The molecule has 0 atom stereocenters. The van der Waals surface area contributed by atoms with Gasteiger partial charge >= 0.3 is 0 Å². The van der Waals surface area contributed by atoms with Crippen LogP contribution in [0.1, 0.15) is 20.8 Å². The SMILES string of the molecule is CCNCC(=O)N(c1ccccc1)C(C)C. The van der Waals surface area contributed by atoms with Crippen LogP contribution in [0.2, 0.25) is 0 Å². The van der Waals surface area contributed by atoms with Crippen molar-refractivity contribution in [2.75, 3.05) is 18.0 Å². The molecule has 0 radical (unpaired) electrons. The first kappa shape index (κ1) is 12.7. The third-order valence-corrected chi connectivity index (χ3v) is 2.35. The van der Waals surface area contributed by atoms with Crippen molar-refractivity contribution < 1.29 is 4.79 Å². The monoisotopic (exact) mass is 220 g/mol. The molecule has 1 N–H and O–H groups in total. The fourth-order valence-electron chi connectivity index (χ4n) is 1.64. The zero-order valence-electron chi connectivity index (χ0n) is 10.2. The molecule has 1 rings (SSSR count). The molecule has 0 aliphatic rings. The van der Waals surface area contributed by atoms with E-state index in [1.54, 1.807) is 0 Å². The quantitative estimate of drug-likeness (QED) is 0.823. The Labute approximate surface area is 97.5 Å². The molecular weight excluding hydrogens is 200 g/mol. The Balaban J connectivity index is 2.79. The van der Waals surface area contributed by atoms with Crippen LogP contribution < -0.4 is 10.2 Å². The summed E-state index contributed by atoms with van der Waals surface area (Å²) in [5.41, 5.74) is 0.959. The first-order valence-corrected chi connectivity index (χ1v) is 5.74. The minimum Gasteiger partial charge on any atom is -0.309 e. The molecule has 1 aromatic carbocycles. The van der Waals surface area contributed by atoms with Crippen LogP contribution in [0, 0.1) is 0 Å². The molecule has 3 nitrogen and oxygen atoms in total. The maximum atomic E-state index is 12.0. The molecule has 0 unspecified atom stereocenters. The van der Waals surface area contributed by atoms with Crippen LogP contribution in [0.5, 0.6) is 0 Å². The molecule has 0 spiro atoms. The normalized spacial score (nSPS) is 10.5. The molecule has 1 amide bonds. The number of rotatable bonds is 5. The predicted octanol–water partition coefficient (Wildman–Crippen LogP) is 2.04. The number of para-hydroxylation sites is 1. The smallest absolute Gasteiger partial charge is 0.241 e. The lowest BCUT2D eigenvalue weighted by Gasteiger charge is -2.27. The Hall–Kier alpha value is -1.35. The summed E-state index contributed by atoms with van der Waals surface area (Å²) < 4.78 is 0. The maximum Gasteiger partial charge on any atom is 0.241 e. The molecule has 0 fully saturated rings. The summed E-state index contributed by atoms with van der Waals surface area (Å²) in [4.78, 5) is 13.8. The van der Waals surface area contributed by atoms with Crippen LogP contribution in [0.4, 0.5) is 5.69 Å². The predicted molar refractivity (Wildman–Crippen MR) is 67.6 cm³/mol. The lowest BCUT2D eigenvalue weighted by Crippen LogP contribution is -2.42. The van der Waals surface area contributed by atoms with Crippen molar-refractivity contribution in [3.8, 4) is 0 Å². The highest BCUT2D eigenvalue weighted by atomic mass is 16.2. The number of hydrogen-bond acceptors (Lipinski definition) is 2. The van der Waals surface area contributed by atoms with Crippen LogP contribution in [0.15, 0.2) is 30.3 Å². The summed E-state index contributed by atoms with van der Waals surface area (Å²) >= 11 is 0. The number of benzene rings is 1. The summed E-state index contributed by atoms with van der Waals surface area (Å²) in [6.45, 7) is 7.25. The van der Waals surface area contributed by atoms with Crippen LogP contribution in [0.3, 0.4) is 0 Å². The van der Waals surface area contributed by atoms with Crippen LogP contribution in [0.25, 0.3) is 0 Å². The molecule has 0 bridgehead atoms. The third kappa shape index (κ3) is 3.35. The van der Waals surface area contributed by atoms with E-state index in [0.717, 1.165) is 12.2 Å². The molecule has 88 valence electrons. The first-order valence-electron chi connectivity index (χ1n) is 5.74. The Bertz CT molecular complexity index is 322. The lowest BCUT2D eigenvalue weighted by molar-refractivity contribution is -0.118. The molecule has 0 saturated heterocycles. The summed E-state index contributed by atoms with van der Waals surface area (Å²) in [5, 5.41) is 3.06. The number of anilines is 1. The molecule has 0 aliphatic carbocycles.